The van der Waals surface area contributed by atoms with Crippen LogP contribution in [0, 0.1) is 5.92 Å². The minimum absolute atomic E-state index is 0.122. The molecule has 0 aliphatic heterocycles. The van der Waals surface area contributed by atoms with Crippen molar-refractivity contribution in [3.8, 4) is 0 Å². The van der Waals surface area contributed by atoms with Crippen molar-refractivity contribution in [2.45, 2.75) is 24.8 Å². The van der Waals surface area contributed by atoms with Crippen LogP contribution in [0.5, 0.6) is 0 Å². The molecule has 2 atom stereocenters. The zero-order valence-electron chi connectivity index (χ0n) is 14.5. The zero-order chi connectivity index (χ0) is 17.9. The Morgan fingerprint density at radius 3 is 2.17 bits per heavy atom. The average molecular weight is 342 g/mol. The summed E-state index contributed by atoms with van der Waals surface area (Å²) in [6.07, 6.45) is 0. The molecular weight excluding hydrogens is 316 g/mol. The summed E-state index contributed by atoms with van der Waals surface area (Å²) in [4.78, 5) is 14.2. The van der Waals surface area contributed by atoms with E-state index in [1.54, 1.807) is 24.8 Å². The van der Waals surface area contributed by atoms with E-state index in [0.717, 1.165) is 4.31 Å². The maximum absolute atomic E-state index is 12.3. The fraction of sp³-hybridized carbons (Fsp3) is 0.533. The summed E-state index contributed by atoms with van der Waals surface area (Å²) in [6, 6.07) is 4.36. The molecule has 0 spiro atoms. The van der Waals surface area contributed by atoms with E-state index >= 15 is 0 Å². The molecule has 1 rings (SSSR count). The van der Waals surface area contributed by atoms with Crippen molar-refractivity contribution in [1.29, 1.82) is 0 Å². The van der Waals surface area contributed by atoms with Crippen LogP contribution in [0.15, 0.2) is 23.1 Å². The number of nitrogens with zero attached hydrogens (tertiary/aromatic N) is 2. The Labute approximate surface area is 138 Å². The molecule has 0 aromatic heterocycles. The number of carbonyl (C=O) groups is 1. The van der Waals surface area contributed by atoms with Crippen molar-refractivity contribution in [2.24, 2.45) is 11.7 Å². The van der Waals surface area contributed by atoms with Crippen LogP contribution in [0.1, 0.15) is 13.8 Å². The second-order valence-electron chi connectivity index (χ2n) is 6.00. The van der Waals surface area contributed by atoms with Gasteiger partial charge < -0.3 is 16.0 Å². The lowest BCUT2D eigenvalue weighted by Gasteiger charge is -2.22. The third kappa shape index (κ3) is 4.43. The van der Waals surface area contributed by atoms with Gasteiger partial charge in [-0.15, -0.1) is 0 Å². The number of anilines is 2. The maximum Gasteiger partial charge on any atom is 0.242 e. The number of sulfonamides is 1. The third-order valence-corrected chi connectivity index (χ3v) is 5.50. The number of carbonyl (C=O) groups excluding carboxylic acids is 1. The molecule has 0 heterocycles. The first-order valence-corrected chi connectivity index (χ1v) is 8.72. The Morgan fingerprint density at radius 1 is 1.17 bits per heavy atom. The van der Waals surface area contributed by atoms with Gasteiger partial charge in [-0.25, -0.2) is 12.7 Å². The molecule has 0 saturated carbocycles. The molecule has 2 unspecified atom stereocenters. The third-order valence-electron chi connectivity index (χ3n) is 3.69. The molecule has 1 aromatic carbocycles. The van der Waals surface area contributed by atoms with Gasteiger partial charge in [0.25, 0.3) is 0 Å². The molecule has 0 aliphatic rings. The van der Waals surface area contributed by atoms with Gasteiger partial charge in [0.05, 0.1) is 22.2 Å². The van der Waals surface area contributed by atoms with Gasteiger partial charge in [-0.2, -0.15) is 0 Å². The van der Waals surface area contributed by atoms with Crippen molar-refractivity contribution >= 4 is 27.3 Å². The fourth-order valence-corrected chi connectivity index (χ4v) is 2.79. The Balaban J connectivity index is 3.30. The van der Waals surface area contributed by atoms with Gasteiger partial charge in [0.2, 0.25) is 15.9 Å². The summed E-state index contributed by atoms with van der Waals surface area (Å²) >= 11 is 0. The summed E-state index contributed by atoms with van der Waals surface area (Å²) in [5.74, 6) is -0.637. The first kappa shape index (κ1) is 19.4. The fourth-order valence-electron chi connectivity index (χ4n) is 1.86. The van der Waals surface area contributed by atoms with Crippen molar-refractivity contribution in [3.63, 3.8) is 0 Å². The van der Waals surface area contributed by atoms with E-state index in [1.807, 2.05) is 14.1 Å². The number of nitrogens with one attached hydrogen (secondary N) is 1. The van der Waals surface area contributed by atoms with Gasteiger partial charge >= 0.3 is 0 Å². The number of hydrogen-bond acceptors (Lipinski definition) is 5. The number of benzene rings is 1. The molecule has 0 fully saturated rings. The second-order valence-corrected chi connectivity index (χ2v) is 8.15. The molecule has 0 radical (unpaired) electrons. The summed E-state index contributed by atoms with van der Waals surface area (Å²) in [7, 11) is 2.99. The Hall–Kier alpha value is -1.64. The molecule has 23 heavy (non-hydrogen) atoms. The Bertz CT molecular complexity index is 669. The maximum atomic E-state index is 12.3. The van der Waals surface area contributed by atoms with Gasteiger partial charge in [0.1, 0.15) is 0 Å². The van der Waals surface area contributed by atoms with Crippen molar-refractivity contribution in [1.82, 2.24) is 4.31 Å². The molecule has 0 bridgehead atoms. The molecule has 0 aliphatic carbocycles. The second kappa shape index (κ2) is 7.29. The van der Waals surface area contributed by atoms with E-state index in [1.165, 1.54) is 26.2 Å². The lowest BCUT2D eigenvalue weighted by molar-refractivity contribution is -0.119. The monoisotopic (exact) mass is 342 g/mol. The van der Waals surface area contributed by atoms with Gasteiger partial charge in [-0.1, -0.05) is 6.92 Å². The predicted octanol–water partition coefficient (Wildman–Crippen LogP) is 0.925. The first-order chi connectivity index (χ1) is 10.5. The van der Waals surface area contributed by atoms with Crippen LogP contribution in [-0.2, 0) is 14.8 Å². The SMILES string of the molecule is CC(N)C(C)C(=O)Nc1cc(S(=O)(=O)N(C)C)ccc1N(C)C. The van der Waals surface area contributed by atoms with Crippen LogP contribution < -0.4 is 16.0 Å². The Kier molecular flexibility index (Phi) is 6.15. The molecule has 7 nitrogen and oxygen atoms in total. The quantitative estimate of drug-likeness (QED) is 0.802. The number of rotatable bonds is 6. The van der Waals surface area contributed by atoms with E-state index in [4.69, 9.17) is 5.73 Å². The molecule has 1 amide bonds. The van der Waals surface area contributed by atoms with Crippen molar-refractivity contribution < 1.29 is 13.2 Å². The predicted molar refractivity (Wildman–Crippen MR) is 93.1 cm³/mol. The lowest BCUT2D eigenvalue weighted by Crippen LogP contribution is -2.34. The number of amides is 1. The van der Waals surface area contributed by atoms with Gasteiger partial charge in [-0.05, 0) is 25.1 Å². The van der Waals surface area contributed by atoms with Gasteiger partial charge in [-0.3, -0.25) is 4.79 Å². The number of nitrogens with two attached hydrogens (primary N) is 1. The topological polar surface area (TPSA) is 95.7 Å². The van der Waals surface area contributed by atoms with E-state index in [2.05, 4.69) is 5.32 Å². The van der Waals surface area contributed by atoms with Crippen LogP contribution in [0.2, 0.25) is 0 Å². The molecule has 3 N–H and O–H groups in total. The highest BCUT2D eigenvalue weighted by Crippen LogP contribution is 2.29. The molecule has 0 saturated heterocycles. The highest BCUT2D eigenvalue weighted by Gasteiger charge is 2.22. The average Bonchev–Trinajstić information content (AvgIpc) is 2.45. The van der Waals surface area contributed by atoms with E-state index in [9.17, 15) is 13.2 Å². The number of hydrogen-bond donors (Lipinski definition) is 2. The highest BCUT2D eigenvalue weighted by atomic mass is 32.2. The highest BCUT2D eigenvalue weighted by molar-refractivity contribution is 7.89. The van der Waals surface area contributed by atoms with Gasteiger partial charge in [0.15, 0.2) is 0 Å². The molecule has 130 valence electrons. The van der Waals surface area contributed by atoms with E-state index in [0.29, 0.717) is 11.4 Å². The van der Waals surface area contributed by atoms with Crippen LogP contribution in [-0.4, -0.2) is 52.9 Å². The molecular formula is C15H26N4O3S. The van der Waals surface area contributed by atoms with Crippen LogP contribution in [0.3, 0.4) is 0 Å². The summed E-state index contributed by atoms with van der Waals surface area (Å²) in [5.41, 5.74) is 6.91. The normalized spacial score (nSPS) is 14.4. The summed E-state index contributed by atoms with van der Waals surface area (Å²) < 4.78 is 25.7. The zero-order valence-corrected chi connectivity index (χ0v) is 15.3. The standard InChI is InChI=1S/C15H26N4O3S/c1-10(11(2)16)15(20)17-13-9-12(23(21,22)19(5)6)7-8-14(13)18(3)4/h7-11H,16H2,1-6H3,(H,17,20). The van der Waals surface area contributed by atoms with Gasteiger partial charge in [0, 0.05) is 34.2 Å². The van der Waals surface area contributed by atoms with Crippen molar-refractivity contribution in [2.75, 3.05) is 38.4 Å². The lowest BCUT2D eigenvalue weighted by atomic mass is 10.0. The van der Waals surface area contributed by atoms with Crippen LogP contribution >= 0.6 is 0 Å². The summed E-state index contributed by atoms with van der Waals surface area (Å²) in [5, 5.41) is 2.78. The summed E-state index contributed by atoms with van der Waals surface area (Å²) in [6.45, 7) is 3.49. The van der Waals surface area contributed by atoms with Crippen LogP contribution in [0.4, 0.5) is 11.4 Å². The van der Waals surface area contributed by atoms with E-state index < -0.39 is 10.0 Å². The minimum Gasteiger partial charge on any atom is -0.376 e. The largest absolute Gasteiger partial charge is 0.376 e. The molecule has 8 heteroatoms. The minimum atomic E-state index is -3.58. The van der Waals surface area contributed by atoms with E-state index in [-0.39, 0.29) is 22.8 Å². The first-order valence-electron chi connectivity index (χ1n) is 7.28. The smallest absolute Gasteiger partial charge is 0.242 e. The Morgan fingerprint density at radius 2 is 1.74 bits per heavy atom. The molecule has 1 aromatic rings. The van der Waals surface area contributed by atoms with Crippen LogP contribution in [0.25, 0.3) is 0 Å². The van der Waals surface area contributed by atoms with Crippen molar-refractivity contribution in [3.05, 3.63) is 18.2 Å².